The largest absolute Gasteiger partial charge is 0.354 e. The highest BCUT2D eigenvalue weighted by Gasteiger charge is 2.07. The summed E-state index contributed by atoms with van der Waals surface area (Å²) in [5.74, 6) is 0.369. The molecule has 118 valence electrons. The van der Waals surface area contributed by atoms with Crippen molar-refractivity contribution < 1.29 is 9.00 Å². The number of hydrogen-bond acceptors (Lipinski definition) is 2. The van der Waals surface area contributed by atoms with Gasteiger partial charge in [0, 0.05) is 53.9 Å². The fourth-order valence-electron chi connectivity index (χ4n) is 2.31. The quantitative estimate of drug-likeness (QED) is 0.853. The first-order valence-electron chi connectivity index (χ1n) is 7.40. The predicted molar refractivity (Wildman–Crippen MR) is 90.1 cm³/mol. The van der Waals surface area contributed by atoms with E-state index in [1.165, 1.54) is 0 Å². The van der Waals surface area contributed by atoms with Crippen LogP contribution >= 0.6 is 0 Å². The van der Waals surface area contributed by atoms with E-state index in [1.54, 1.807) is 18.4 Å². The third kappa shape index (κ3) is 4.84. The molecule has 0 saturated carbocycles. The lowest BCUT2D eigenvalue weighted by atomic mass is 10.1. The minimum absolute atomic E-state index is 0.105. The van der Waals surface area contributed by atoms with Crippen LogP contribution in [-0.4, -0.2) is 20.9 Å². The highest BCUT2D eigenvalue weighted by Crippen LogP contribution is 2.08. The molecule has 2 rings (SSSR count). The van der Waals surface area contributed by atoms with Gasteiger partial charge >= 0.3 is 0 Å². The highest BCUT2D eigenvalue weighted by atomic mass is 32.2. The van der Waals surface area contributed by atoms with Crippen LogP contribution in [0.15, 0.2) is 42.7 Å². The average Bonchev–Trinajstić information content (AvgIpc) is 2.92. The Hall–Kier alpha value is -1.88. The van der Waals surface area contributed by atoms with Gasteiger partial charge in [0.25, 0.3) is 5.91 Å². The summed E-state index contributed by atoms with van der Waals surface area (Å²) < 4.78 is 13.4. The van der Waals surface area contributed by atoms with Crippen molar-refractivity contribution >= 4 is 16.7 Å². The van der Waals surface area contributed by atoms with Crippen LogP contribution in [0.1, 0.15) is 34.8 Å². The molecule has 1 heterocycles. The van der Waals surface area contributed by atoms with Crippen molar-refractivity contribution in [2.24, 2.45) is 0 Å². The molecule has 0 fully saturated rings. The lowest BCUT2D eigenvalue weighted by Gasteiger charge is -2.06. The van der Waals surface area contributed by atoms with E-state index >= 15 is 0 Å². The third-order valence-corrected chi connectivity index (χ3v) is 4.05. The molecule has 2 aromatic rings. The van der Waals surface area contributed by atoms with E-state index in [0.29, 0.717) is 17.9 Å². The Balaban J connectivity index is 1.95. The van der Waals surface area contributed by atoms with Gasteiger partial charge in [0.1, 0.15) is 0 Å². The Kier molecular flexibility index (Phi) is 5.95. The molecule has 0 unspecified atom stereocenters. The second-order valence-corrected chi connectivity index (χ2v) is 6.79. The normalized spacial score (nSPS) is 12.1. The van der Waals surface area contributed by atoms with Crippen molar-refractivity contribution in [2.45, 2.75) is 32.2 Å². The molecule has 0 aliphatic rings. The molecule has 0 saturated heterocycles. The second kappa shape index (κ2) is 7.94. The number of nitrogens with zero attached hydrogens (tertiary/aromatic N) is 1. The number of aryl methyl sites for hydroxylation is 1. The smallest absolute Gasteiger partial charge is 0.251 e. The number of rotatable bonds is 7. The first-order valence-corrected chi connectivity index (χ1v) is 9.13. The molecule has 1 N–H and O–H groups in total. The molecule has 0 aliphatic carbocycles. The van der Waals surface area contributed by atoms with Crippen LogP contribution in [0.4, 0.5) is 0 Å². The molecule has 5 heteroatoms. The Bertz CT molecular complexity index is 664. The molecule has 0 aliphatic heterocycles. The summed E-state index contributed by atoms with van der Waals surface area (Å²) in [4.78, 5) is 12.2. The number of hydrogen-bond donors (Lipinski definition) is 1. The summed E-state index contributed by atoms with van der Waals surface area (Å²) in [6.07, 6.45) is 6.84. The van der Waals surface area contributed by atoms with Crippen LogP contribution in [0, 0.1) is 0 Å². The molecular formula is C17H22N2O2S. The number of carbonyl (C=O) groups is 1. The second-order valence-electron chi connectivity index (χ2n) is 5.36. The van der Waals surface area contributed by atoms with E-state index in [4.69, 9.17) is 0 Å². The fraction of sp³-hybridized carbons (Fsp3) is 0.353. The van der Waals surface area contributed by atoms with Gasteiger partial charge in [-0.15, -0.1) is 0 Å². The molecule has 0 radical (unpaired) electrons. The lowest BCUT2D eigenvalue weighted by molar-refractivity contribution is 0.0951. The monoisotopic (exact) mass is 318 g/mol. The zero-order chi connectivity index (χ0) is 15.9. The van der Waals surface area contributed by atoms with Gasteiger partial charge in [-0.2, -0.15) is 0 Å². The maximum Gasteiger partial charge on any atom is 0.251 e. The molecule has 1 amide bonds. The van der Waals surface area contributed by atoms with E-state index in [2.05, 4.69) is 23.0 Å². The van der Waals surface area contributed by atoms with Gasteiger partial charge in [-0.1, -0.05) is 19.1 Å². The summed E-state index contributed by atoms with van der Waals surface area (Å²) in [5.41, 5.74) is 2.62. The van der Waals surface area contributed by atoms with Crippen LogP contribution in [0.2, 0.25) is 0 Å². The number of benzene rings is 1. The maximum atomic E-state index is 12.2. The summed E-state index contributed by atoms with van der Waals surface area (Å²) in [6, 6.07) is 9.32. The molecule has 0 spiro atoms. The summed E-state index contributed by atoms with van der Waals surface area (Å²) in [5, 5.41) is 2.92. The predicted octanol–water partition coefficient (Wildman–Crippen LogP) is 2.71. The molecular weight excluding hydrogens is 296 g/mol. The van der Waals surface area contributed by atoms with E-state index in [0.717, 1.165) is 24.1 Å². The van der Waals surface area contributed by atoms with Crippen LogP contribution < -0.4 is 5.32 Å². The molecule has 1 atom stereocenters. The molecule has 4 nitrogen and oxygen atoms in total. The van der Waals surface area contributed by atoms with Crippen LogP contribution in [-0.2, 0) is 29.6 Å². The number of aromatic nitrogens is 1. The topological polar surface area (TPSA) is 51.1 Å². The number of amides is 1. The van der Waals surface area contributed by atoms with Crippen molar-refractivity contribution in [1.29, 1.82) is 0 Å². The van der Waals surface area contributed by atoms with Crippen LogP contribution in [0.3, 0.4) is 0 Å². The van der Waals surface area contributed by atoms with E-state index in [9.17, 15) is 9.00 Å². The van der Waals surface area contributed by atoms with Gasteiger partial charge in [0.15, 0.2) is 0 Å². The minimum atomic E-state index is -0.905. The van der Waals surface area contributed by atoms with Crippen LogP contribution in [0.25, 0.3) is 0 Å². The first-order chi connectivity index (χ1) is 10.6. The van der Waals surface area contributed by atoms with Gasteiger partial charge in [-0.05, 0) is 35.7 Å². The van der Waals surface area contributed by atoms with Crippen molar-refractivity contribution in [3.8, 4) is 0 Å². The van der Waals surface area contributed by atoms with Gasteiger partial charge in [0.05, 0.1) is 0 Å². The molecule has 1 aromatic heterocycles. The van der Waals surface area contributed by atoms with Crippen LogP contribution in [0.5, 0.6) is 0 Å². The number of nitrogens with one attached hydrogen (secondary N) is 1. The summed E-state index contributed by atoms with van der Waals surface area (Å²) >= 11 is 0. The van der Waals surface area contributed by atoms with E-state index in [-0.39, 0.29) is 5.91 Å². The van der Waals surface area contributed by atoms with Gasteiger partial charge < -0.3 is 9.88 Å². The van der Waals surface area contributed by atoms with Gasteiger partial charge in [0.2, 0.25) is 0 Å². The maximum absolute atomic E-state index is 12.2. The highest BCUT2D eigenvalue weighted by molar-refractivity contribution is 7.83. The average molecular weight is 318 g/mol. The Morgan fingerprint density at radius 3 is 2.82 bits per heavy atom. The molecule has 0 bridgehead atoms. The minimum Gasteiger partial charge on any atom is -0.354 e. The SMILES string of the molecule is CCCn1ccc(CNC(=O)c2cccc(C[S@@](C)=O)c2)c1. The summed E-state index contributed by atoms with van der Waals surface area (Å²) in [6.45, 7) is 3.64. The van der Waals surface area contributed by atoms with Crippen molar-refractivity contribution in [3.63, 3.8) is 0 Å². The third-order valence-electron chi connectivity index (χ3n) is 3.31. The van der Waals surface area contributed by atoms with Gasteiger partial charge in [-0.25, -0.2) is 0 Å². The van der Waals surface area contributed by atoms with E-state index in [1.807, 2.05) is 24.4 Å². The van der Waals surface area contributed by atoms with E-state index < -0.39 is 10.8 Å². The first kappa shape index (κ1) is 16.5. The summed E-state index contributed by atoms with van der Waals surface area (Å²) in [7, 11) is -0.905. The van der Waals surface area contributed by atoms with Crippen molar-refractivity contribution in [3.05, 3.63) is 59.4 Å². The standard InChI is InChI=1S/C17H22N2O2S/c1-3-8-19-9-7-15(12-19)11-18-17(20)16-6-4-5-14(10-16)13-22(2)21/h4-7,9-10,12H,3,8,11,13H2,1-2H3,(H,18,20)/t22-/m1/s1. The Morgan fingerprint density at radius 1 is 1.27 bits per heavy atom. The molecule has 22 heavy (non-hydrogen) atoms. The number of carbonyl (C=O) groups excluding carboxylic acids is 1. The lowest BCUT2D eigenvalue weighted by Crippen LogP contribution is -2.22. The fourth-order valence-corrected chi connectivity index (χ4v) is 2.96. The molecule has 1 aromatic carbocycles. The Morgan fingerprint density at radius 2 is 2.09 bits per heavy atom. The van der Waals surface area contributed by atoms with Crippen molar-refractivity contribution in [1.82, 2.24) is 9.88 Å². The zero-order valence-corrected chi connectivity index (χ0v) is 13.9. The zero-order valence-electron chi connectivity index (χ0n) is 13.0. The van der Waals surface area contributed by atoms with Crippen molar-refractivity contribution in [2.75, 3.05) is 6.26 Å². The van der Waals surface area contributed by atoms with Gasteiger partial charge in [-0.3, -0.25) is 9.00 Å². The Labute approximate surface area is 134 Å².